The summed E-state index contributed by atoms with van der Waals surface area (Å²) in [6.45, 7) is 1.70. The molecule has 0 spiro atoms. The molecule has 1 saturated carbocycles. The molecule has 1 unspecified atom stereocenters. The van der Waals surface area contributed by atoms with Gasteiger partial charge in [-0.05, 0) is 55.9 Å². The van der Waals surface area contributed by atoms with Crippen molar-refractivity contribution < 1.29 is 9.47 Å². The minimum Gasteiger partial charge on any atom is -0.497 e. The van der Waals surface area contributed by atoms with Crippen molar-refractivity contribution in [2.45, 2.75) is 62.8 Å². The molecule has 1 saturated heterocycles. The van der Waals surface area contributed by atoms with Crippen molar-refractivity contribution in [1.29, 1.82) is 0 Å². The van der Waals surface area contributed by atoms with Crippen molar-refractivity contribution in [3.8, 4) is 17.1 Å². The first-order valence-corrected chi connectivity index (χ1v) is 11.1. The molecule has 0 N–H and O–H groups in total. The molecule has 0 radical (unpaired) electrons. The molecule has 6 heteroatoms. The molecule has 2 aromatic rings. The smallest absolute Gasteiger partial charge is 0.191 e. The summed E-state index contributed by atoms with van der Waals surface area (Å²) in [6.07, 6.45) is 9.42. The van der Waals surface area contributed by atoms with Crippen LogP contribution in [0.5, 0.6) is 5.75 Å². The highest BCUT2D eigenvalue weighted by Crippen LogP contribution is 2.32. The first-order valence-electron chi connectivity index (χ1n) is 10.2. The summed E-state index contributed by atoms with van der Waals surface area (Å²) in [5.74, 6) is 3.75. The van der Waals surface area contributed by atoms with Crippen LogP contribution in [0, 0.1) is 5.92 Å². The Morgan fingerprint density at radius 3 is 2.59 bits per heavy atom. The van der Waals surface area contributed by atoms with Crippen LogP contribution in [0.4, 0.5) is 0 Å². The number of hydrogen-bond acceptors (Lipinski definition) is 5. The van der Waals surface area contributed by atoms with Crippen molar-refractivity contribution in [3.63, 3.8) is 0 Å². The largest absolute Gasteiger partial charge is 0.497 e. The number of rotatable bonds is 7. The fourth-order valence-electron chi connectivity index (χ4n) is 4.05. The van der Waals surface area contributed by atoms with Crippen molar-refractivity contribution in [1.82, 2.24) is 14.8 Å². The van der Waals surface area contributed by atoms with Gasteiger partial charge in [0, 0.05) is 17.9 Å². The van der Waals surface area contributed by atoms with Crippen molar-refractivity contribution in [2.24, 2.45) is 5.92 Å². The Kier molecular flexibility index (Phi) is 6.35. The molecule has 27 heavy (non-hydrogen) atoms. The molecule has 2 aliphatic rings. The zero-order chi connectivity index (χ0) is 18.5. The summed E-state index contributed by atoms with van der Waals surface area (Å²) in [7, 11) is 1.69. The highest BCUT2D eigenvalue weighted by Gasteiger charge is 2.23. The minimum atomic E-state index is 0.270. The molecule has 5 nitrogen and oxygen atoms in total. The fourth-order valence-corrected chi connectivity index (χ4v) is 5.19. The third-order valence-corrected chi connectivity index (χ3v) is 6.85. The number of hydrogen-bond donors (Lipinski definition) is 0. The molecule has 1 aromatic heterocycles. The van der Waals surface area contributed by atoms with Gasteiger partial charge < -0.3 is 9.47 Å². The van der Waals surface area contributed by atoms with E-state index in [0.717, 1.165) is 60.0 Å². The van der Waals surface area contributed by atoms with Gasteiger partial charge in [-0.2, -0.15) is 0 Å². The van der Waals surface area contributed by atoms with Crippen LogP contribution < -0.4 is 4.74 Å². The van der Waals surface area contributed by atoms with Gasteiger partial charge >= 0.3 is 0 Å². The summed E-state index contributed by atoms with van der Waals surface area (Å²) >= 11 is 1.87. The predicted octanol–water partition coefficient (Wildman–Crippen LogP) is 4.81. The Morgan fingerprint density at radius 2 is 1.89 bits per heavy atom. The van der Waals surface area contributed by atoms with Gasteiger partial charge in [-0.1, -0.05) is 31.0 Å². The summed E-state index contributed by atoms with van der Waals surface area (Å²) in [5, 5.41) is 10.1. The van der Waals surface area contributed by atoms with Gasteiger partial charge in [-0.15, -0.1) is 10.2 Å². The van der Waals surface area contributed by atoms with E-state index < -0.39 is 0 Å². The number of aromatic nitrogens is 3. The first kappa shape index (κ1) is 18.8. The van der Waals surface area contributed by atoms with Gasteiger partial charge in [-0.3, -0.25) is 4.57 Å². The lowest BCUT2D eigenvalue weighted by Gasteiger charge is -2.21. The van der Waals surface area contributed by atoms with E-state index >= 15 is 0 Å². The summed E-state index contributed by atoms with van der Waals surface area (Å²) in [4.78, 5) is 0. The highest BCUT2D eigenvalue weighted by molar-refractivity contribution is 7.99. The maximum Gasteiger partial charge on any atom is 0.191 e. The van der Waals surface area contributed by atoms with Crippen molar-refractivity contribution in [2.75, 3.05) is 19.5 Å². The van der Waals surface area contributed by atoms with E-state index in [-0.39, 0.29) is 6.10 Å². The van der Waals surface area contributed by atoms with Crippen molar-refractivity contribution in [3.05, 3.63) is 24.3 Å². The number of ether oxygens (including phenoxy) is 2. The van der Waals surface area contributed by atoms with E-state index in [1.165, 1.54) is 32.1 Å². The van der Waals surface area contributed by atoms with E-state index in [2.05, 4.69) is 26.9 Å². The molecular weight excluding hydrogens is 358 g/mol. The topological polar surface area (TPSA) is 49.2 Å². The van der Waals surface area contributed by atoms with Gasteiger partial charge in [0.05, 0.1) is 19.8 Å². The molecule has 2 heterocycles. The lowest BCUT2D eigenvalue weighted by molar-refractivity contribution is 0.0953. The zero-order valence-electron chi connectivity index (χ0n) is 16.1. The molecule has 1 aliphatic carbocycles. The maximum atomic E-state index is 5.90. The SMILES string of the molecule is COc1ccc(-c2nnc(SCC3CCCCC3)n2CC2CCCO2)cc1. The van der Waals surface area contributed by atoms with Gasteiger partial charge in [0.25, 0.3) is 0 Å². The summed E-state index contributed by atoms with van der Waals surface area (Å²) < 4.78 is 13.5. The number of nitrogens with zero attached hydrogens (tertiary/aromatic N) is 3. The molecule has 1 aromatic carbocycles. The summed E-state index contributed by atoms with van der Waals surface area (Å²) in [6, 6.07) is 8.08. The number of benzene rings is 1. The second-order valence-electron chi connectivity index (χ2n) is 7.60. The molecule has 1 atom stereocenters. The standard InChI is InChI=1S/C21H29N3O2S/c1-25-18-11-9-17(10-12-18)20-22-23-21(24(20)14-19-8-5-13-26-19)27-15-16-6-3-2-4-7-16/h9-12,16,19H,2-8,13-15H2,1H3. The lowest BCUT2D eigenvalue weighted by atomic mass is 9.91. The molecule has 0 amide bonds. The lowest BCUT2D eigenvalue weighted by Crippen LogP contribution is -2.17. The fraction of sp³-hybridized carbons (Fsp3) is 0.619. The Balaban J connectivity index is 1.54. The Bertz CT molecular complexity index is 720. The Hall–Kier alpha value is -1.53. The van der Waals surface area contributed by atoms with Crippen LogP contribution in [0.2, 0.25) is 0 Å². The molecule has 0 bridgehead atoms. The molecule has 1 aliphatic heterocycles. The van der Waals surface area contributed by atoms with Gasteiger partial charge in [0.15, 0.2) is 11.0 Å². The third kappa shape index (κ3) is 4.66. The average molecular weight is 388 g/mol. The highest BCUT2D eigenvalue weighted by atomic mass is 32.2. The minimum absolute atomic E-state index is 0.270. The van der Waals surface area contributed by atoms with E-state index in [4.69, 9.17) is 9.47 Å². The average Bonchev–Trinajstić information content (AvgIpc) is 3.38. The Morgan fingerprint density at radius 1 is 1.07 bits per heavy atom. The van der Waals surface area contributed by atoms with Crippen LogP contribution in [0.1, 0.15) is 44.9 Å². The summed E-state index contributed by atoms with van der Waals surface area (Å²) in [5.41, 5.74) is 1.07. The quantitative estimate of drug-likeness (QED) is 0.639. The van der Waals surface area contributed by atoms with Gasteiger partial charge in [0.2, 0.25) is 0 Å². The Labute approximate surface area is 165 Å². The van der Waals surface area contributed by atoms with Crippen LogP contribution in [-0.4, -0.2) is 40.3 Å². The zero-order valence-corrected chi connectivity index (χ0v) is 16.9. The van der Waals surface area contributed by atoms with Crippen molar-refractivity contribution >= 4 is 11.8 Å². The van der Waals surface area contributed by atoms with E-state index in [1.807, 2.05) is 23.9 Å². The van der Waals surface area contributed by atoms with Crippen LogP contribution in [0.15, 0.2) is 29.4 Å². The van der Waals surface area contributed by atoms with Crippen LogP contribution in [0.3, 0.4) is 0 Å². The van der Waals surface area contributed by atoms with Crippen LogP contribution in [-0.2, 0) is 11.3 Å². The first-order chi connectivity index (χ1) is 13.3. The molecular formula is C21H29N3O2S. The van der Waals surface area contributed by atoms with Gasteiger partial charge in [-0.25, -0.2) is 0 Å². The van der Waals surface area contributed by atoms with E-state index in [0.29, 0.717) is 0 Å². The van der Waals surface area contributed by atoms with E-state index in [1.54, 1.807) is 7.11 Å². The normalized spacial score (nSPS) is 20.9. The monoisotopic (exact) mass is 387 g/mol. The number of methoxy groups -OCH3 is 1. The third-order valence-electron chi connectivity index (χ3n) is 5.65. The molecule has 146 valence electrons. The number of thioether (sulfide) groups is 1. The predicted molar refractivity (Wildman–Crippen MR) is 108 cm³/mol. The second-order valence-corrected chi connectivity index (χ2v) is 8.58. The van der Waals surface area contributed by atoms with E-state index in [9.17, 15) is 0 Å². The van der Waals surface area contributed by atoms with Crippen LogP contribution in [0.25, 0.3) is 11.4 Å². The van der Waals surface area contributed by atoms with Gasteiger partial charge in [0.1, 0.15) is 5.75 Å². The maximum absolute atomic E-state index is 5.90. The second kappa shape index (κ2) is 9.11. The molecule has 4 rings (SSSR count). The van der Waals surface area contributed by atoms with Crippen LogP contribution >= 0.6 is 11.8 Å². The molecule has 2 fully saturated rings.